The Bertz CT molecular complexity index is 1610. The molecule has 2 heterocycles. The lowest BCUT2D eigenvalue weighted by Crippen LogP contribution is -2.22. The molecule has 0 bridgehead atoms. The minimum absolute atomic E-state index is 0.118. The van der Waals surface area contributed by atoms with Crippen LogP contribution in [0.3, 0.4) is 0 Å². The zero-order valence-corrected chi connectivity index (χ0v) is 19.1. The number of rotatable bonds is 5. The maximum atomic E-state index is 12.9. The summed E-state index contributed by atoms with van der Waals surface area (Å²) >= 11 is 7.69. The van der Waals surface area contributed by atoms with Gasteiger partial charge in [0.25, 0.3) is 11.5 Å². The van der Waals surface area contributed by atoms with E-state index in [1.807, 2.05) is 55.5 Å². The van der Waals surface area contributed by atoms with Crippen molar-refractivity contribution in [3.8, 4) is 5.75 Å². The molecule has 2 aromatic heterocycles. The van der Waals surface area contributed by atoms with E-state index >= 15 is 0 Å². The number of benzene rings is 3. The second-order valence-electron chi connectivity index (χ2n) is 7.53. The van der Waals surface area contributed by atoms with Crippen LogP contribution >= 0.6 is 22.9 Å². The molecule has 1 N–H and O–H groups in total. The number of hydrogen-bond acceptors (Lipinski definition) is 5. The van der Waals surface area contributed by atoms with Gasteiger partial charge in [0.05, 0.1) is 20.6 Å². The zero-order valence-electron chi connectivity index (χ0n) is 17.5. The predicted molar refractivity (Wildman–Crippen MR) is 132 cm³/mol. The highest BCUT2D eigenvalue weighted by atomic mass is 35.5. The standard InChI is InChI=1S/C25H18ClN3O3S/c1-15-6-9-17(10-7-15)27-23(30)14-32-21-11-8-16(12-18(21)26)13-22-24(31)29-20-5-3-2-4-19(20)28-25(29)33-22/h2-13H,14H2,1H3,(H,27,30)/b22-13-. The highest BCUT2D eigenvalue weighted by Gasteiger charge is 2.11. The summed E-state index contributed by atoms with van der Waals surface area (Å²) in [5, 5.41) is 3.13. The lowest BCUT2D eigenvalue weighted by Gasteiger charge is -2.09. The van der Waals surface area contributed by atoms with Gasteiger partial charge in [-0.25, -0.2) is 9.38 Å². The number of aromatic nitrogens is 2. The van der Waals surface area contributed by atoms with Gasteiger partial charge < -0.3 is 10.1 Å². The van der Waals surface area contributed by atoms with Crippen LogP contribution in [0.15, 0.2) is 71.5 Å². The molecule has 1 amide bonds. The summed E-state index contributed by atoms with van der Waals surface area (Å²) in [5.41, 5.74) is 4.04. The number of hydrogen-bond donors (Lipinski definition) is 1. The molecule has 0 aliphatic rings. The van der Waals surface area contributed by atoms with Crippen molar-refractivity contribution in [2.45, 2.75) is 6.92 Å². The molecule has 0 saturated heterocycles. The highest BCUT2D eigenvalue weighted by molar-refractivity contribution is 7.15. The number of nitrogens with one attached hydrogen (secondary N) is 1. The molecular weight excluding hydrogens is 458 g/mol. The Morgan fingerprint density at radius 1 is 1.15 bits per heavy atom. The van der Waals surface area contributed by atoms with E-state index in [-0.39, 0.29) is 18.1 Å². The number of nitrogens with zero attached hydrogens (tertiary/aromatic N) is 2. The van der Waals surface area contributed by atoms with Gasteiger partial charge in [-0.2, -0.15) is 0 Å². The molecule has 6 nitrogen and oxygen atoms in total. The highest BCUT2D eigenvalue weighted by Crippen LogP contribution is 2.26. The van der Waals surface area contributed by atoms with E-state index in [0.29, 0.717) is 26.0 Å². The fourth-order valence-electron chi connectivity index (χ4n) is 3.46. The number of anilines is 1. The van der Waals surface area contributed by atoms with Crippen LogP contribution in [0.25, 0.3) is 22.1 Å². The van der Waals surface area contributed by atoms with E-state index in [9.17, 15) is 9.59 Å². The number of ether oxygens (including phenoxy) is 1. The van der Waals surface area contributed by atoms with Crippen molar-refractivity contribution in [2.24, 2.45) is 0 Å². The molecule has 5 rings (SSSR count). The van der Waals surface area contributed by atoms with Crippen LogP contribution in [-0.4, -0.2) is 21.9 Å². The lowest BCUT2D eigenvalue weighted by atomic mass is 10.2. The first-order valence-electron chi connectivity index (χ1n) is 10.2. The van der Waals surface area contributed by atoms with Gasteiger partial charge in [0.2, 0.25) is 0 Å². The molecule has 0 aliphatic heterocycles. The van der Waals surface area contributed by atoms with E-state index < -0.39 is 0 Å². The van der Waals surface area contributed by atoms with Gasteiger partial charge in [0, 0.05) is 5.69 Å². The van der Waals surface area contributed by atoms with Gasteiger partial charge in [0.1, 0.15) is 5.75 Å². The number of fused-ring (bicyclic) bond motifs is 3. The van der Waals surface area contributed by atoms with Crippen molar-refractivity contribution < 1.29 is 9.53 Å². The third-order valence-electron chi connectivity index (χ3n) is 5.09. The van der Waals surface area contributed by atoms with Crippen LogP contribution in [0, 0.1) is 6.92 Å². The SMILES string of the molecule is Cc1ccc(NC(=O)COc2ccc(/C=c3\sc4nc5ccccc5n4c3=O)cc2Cl)cc1. The third-order valence-corrected chi connectivity index (χ3v) is 6.36. The molecule has 0 saturated carbocycles. The first-order chi connectivity index (χ1) is 16.0. The molecule has 0 radical (unpaired) electrons. The number of carbonyl (C=O) groups excluding carboxylic acids is 1. The molecule has 0 spiro atoms. The average Bonchev–Trinajstić information content (AvgIpc) is 3.31. The van der Waals surface area contributed by atoms with Crippen LogP contribution in [0.5, 0.6) is 5.75 Å². The molecule has 3 aromatic carbocycles. The third kappa shape index (κ3) is 4.33. The van der Waals surface area contributed by atoms with Crippen molar-refractivity contribution in [1.82, 2.24) is 9.38 Å². The second kappa shape index (κ2) is 8.69. The Balaban J connectivity index is 1.33. The summed E-state index contributed by atoms with van der Waals surface area (Å²) in [6.07, 6.45) is 1.77. The largest absolute Gasteiger partial charge is 0.482 e. The number of halogens is 1. The number of thiazole rings is 1. The van der Waals surface area contributed by atoms with Gasteiger partial charge in [-0.3, -0.25) is 9.59 Å². The molecule has 0 unspecified atom stereocenters. The molecule has 33 heavy (non-hydrogen) atoms. The van der Waals surface area contributed by atoms with Crippen LogP contribution in [0.1, 0.15) is 11.1 Å². The van der Waals surface area contributed by atoms with Gasteiger partial charge in [0.15, 0.2) is 11.6 Å². The molecule has 0 fully saturated rings. The molecular formula is C25H18ClN3O3S. The van der Waals surface area contributed by atoms with Crippen molar-refractivity contribution in [2.75, 3.05) is 11.9 Å². The van der Waals surface area contributed by atoms with Crippen LogP contribution < -0.4 is 20.1 Å². The normalized spacial score (nSPS) is 11.9. The van der Waals surface area contributed by atoms with Crippen LogP contribution in [0.2, 0.25) is 5.02 Å². The summed E-state index contributed by atoms with van der Waals surface area (Å²) < 4.78 is 7.76. The smallest absolute Gasteiger partial charge is 0.274 e. The number of aryl methyl sites for hydroxylation is 1. The number of imidazole rings is 1. The Kier molecular flexibility index (Phi) is 5.58. The van der Waals surface area contributed by atoms with Crippen molar-refractivity contribution in [1.29, 1.82) is 0 Å². The summed E-state index contributed by atoms with van der Waals surface area (Å²) in [7, 11) is 0. The number of carbonyl (C=O) groups is 1. The molecule has 0 atom stereocenters. The van der Waals surface area contributed by atoms with Crippen LogP contribution in [0.4, 0.5) is 5.69 Å². The van der Waals surface area contributed by atoms with E-state index in [2.05, 4.69) is 10.3 Å². The van der Waals surface area contributed by atoms with E-state index in [4.69, 9.17) is 16.3 Å². The molecule has 0 aliphatic carbocycles. The Morgan fingerprint density at radius 3 is 2.73 bits per heavy atom. The van der Waals surface area contributed by atoms with Crippen LogP contribution in [-0.2, 0) is 4.79 Å². The van der Waals surface area contributed by atoms with Gasteiger partial charge in [-0.1, -0.05) is 58.8 Å². The Hall–Kier alpha value is -3.68. The molecule has 164 valence electrons. The quantitative estimate of drug-likeness (QED) is 0.408. The topological polar surface area (TPSA) is 72.7 Å². The van der Waals surface area contributed by atoms with E-state index in [1.165, 1.54) is 11.3 Å². The molecule has 8 heteroatoms. The lowest BCUT2D eigenvalue weighted by molar-refractivity contribution is -0.118. The van der Waals surface area contributed by atoms with Crippen molar-refractivity contribution >= 4 is 56.6 Å². The van der Waals surface area contributed by atoms with Crippen molar-refractivity contribution in [3.63, 3.8) is 0 Å². The number of para-hydroxylation sites is 2. The second-order valence-corrected chi connectivity index (χ2v) is 8.94. The summed E-state index contributed by atoms with van der Waals surface area (Å²) in [4.78, 5) is 30.2. The summed E-state index contributed by atoms with van der Waals surface area (Å²) in [6, 6.07) is 20.2. The summed E-state index contributed by atoms with van der Waals surface area (Å²) in [5.74, 6) is 0.109. The average molecular weight is 476 g/mol. The predicted octanol–water partition coefficient (Wildman–Crippen LogP) is 4.44. The summed E-state index contributed by atoms with van der Waals surface area (Å²) in [6.45, 7) is 1.81. The maximum absolute atomic E-state index is 12.9. The minimum Gasteiger partial charge on any atom is -0.482 e. The zero-order chi connectivity index (χ0) is 22.9. The fourth-order valence-corrected chi connectivity index (χ4v) is 4.69. The van der Waals surface area contributed by atoms with Gasteiger partial charge in [-0.05, 0) is 55.0 Å². The fraction of sp³-hybridized carbons (Fsp3) is 0.0800. The first kappa shape index (κ1) is 21.2. The van der Waals surface area contributed by atoms with Gasteiger partial charge >= 0.3 is 0 Å². The number of amides is 1. The Labute approximate surface area is 197 Å². The first-order valence-corrected chi connectivity index (χ1v) is 11.4. The van der Waals surface area contributed by atoms with E-state index in [0.717, 1.165) is 22.2 Å². The van der Waals surface area contributed by atoms with Gasteiger partial charge in [-0.15, -0.1) is 0 Å². The van der Waals surface area contributed by atoms with E-state index in [1.54, 1.807) is 28.7 Å². The maximum Gasteiger partial charge on any atom is 0.274 e. The molecule has 5 aromatic rings. The monoisotopic (exact) mass is 475 g/mol. The minimum atomic E-state index is -0.282. The Morgan fingerprint density at radius 2 is 1.94 bits per heavy atom. The van der Waals surface area contributed by atoms with Crippen molar-refractivity contribution in [3.05, 3.63) is 97.8 Å².